The van der Waals surface area contributed by atoms with Crippen LogP contribution in [-0.4, -0.2) is 10.2 Å². The molecule has 0 unspecified atom stereocenters. The molecule has 3 N–H and O–H groups in total. The number of H-pyrrole nitrogens is 1. The van der Waals surface area contributed by atoms with Gasteiger partial charge in [0.1, 0.15) is 0 Å². The van der Waals surface area contributed by atoms with Gasteiger partial charge < -0.3 is 5.73 Å². The summed E-state index contributed by atoms with van der Waals surface area (Å²) in [7, 11) is 0. The van der Waals surface area contributed by atoms with Crippen LogP contribution in [0.5, 0.6) is 0 Å². The number of benzene rings is 1. The van der Waals surface area contributed by atoms with E-state index in [9.17, 15) is 4.79 Å². The Bertz CT molecular complexity index is 610. The molecule has 0 radical (unpaired) electrons. The van der Waals surface area contributed by atoms with Crippen molar-refractivity contribution in [3.8, 4) is 11.3 Å². The second kappa shape index (κ2) is 4.87. The molecule has 2 rings (SSSR count). The first-order valence-electron chi connectivity index (χ1n) is 4.86. The van der Waals surface area contributed by atoms with Crippen LogP contribution in [0, 0.1) is 0 Å². The molecule has 0 aliphatic heterocycles. The Hall–Kier alpha value is -1.36. The van der Waals surface area contributed by atoms with E-state index in [1.165, 1.54) is 0 Å². The molecule has 0 atom stereocenters. The zero-order valence-electron chi connectivity index (χ0n) is 8.71. The minimum absolute atomic E-state index is 0.149. The van der Waals surface area contributed by atoms with Gasteiger partial charge in [-0.2, -0.15) is 5.10 Å². The minimum atomic E-state index is -0.290. The number of rotatable bonds is 2. The van der Waals surface area contributed by atoms with Gasteiger partial charge in [-0.25, -0.2) is 5.10 Å². The maximum atomic E-state index is 11.3. The number of aromatic nitrogens is 2. The molecule has 0 saturated carbocycles. The molecular weight excluding hydrogens is 261 g/mol. The molecule has 1 aromatic carbocycles. The van der Waals surface area contributed by atoms with E-state index in [1.54, 1.807) is 24.3 Å². The molecule has 17 heavy (non-hydrogen) atoms. The fourth-order valence-electron chi connectivity index (χ4n) is 1.43. The monoisotopic (exact) mass is 269 g/mol. The predicted molar refractivity (Wildman–Crippen MR) is 68.2 cm³/mol. The zero-order valence-corrected chi connectivity index (χ0v) is 10.2. The third kappa shape index (κ3) is 2.49. The molecule has 1 aromatic heterocycles. The van der Waals surface area contributed by atoms with Gasteiger partial charge in [0.2, 0.25) is 0 Å². The number of halogens is 2. The minimum Gasteiger partial charge on any atom is -0.326 e. The Morgan fingerprint density at radius 3 is 2.71 bits per heavy atom. The van der Waals surface area contributed by atoms with Crippen LogP contribution in [0.4, 0.5) is 0 Å². The lowest BCUT2D eigenvalue weighted by Crippen LogP contribution is -2.17. The number of nitrogens with two attached hydrogens (primary N) is 1. The second-order valence-electron chi connectivity index (χ2n) is 3.44. The van der Waals surface area contributed by atoms with Gasteiger partial charge in [0.25, 0.3) is 5.56 Å². The van der Waals surface area contributed by atoms with E-state index >= 15 is 0 Å². The van der Waals surface area contributed by atoms with E-state index in [-0.39, 0.29) is 12.1 Å². The third-order valence-electron chi connectivity index (χ3n) is 2.31. The number of aromatic amines is 1. The Labute approximate surface area is 107 Å². The van der Waals surface area contributed by atoms with Gasteiger partial charge in [0, 0.05) is 22.7 Å². The van der Waals surface area contributed by atoms with E-state index in [0.29, 0.717) is 26.9 Å². The van der Waals surface area contributed by atoms with Crippen molar-refractivity contribution < 1.29 is 0 Å². The van der Waals surface area contributed by atoms with E-state index in [4.69, 9.17) is 28.9 Å². The van der Waals surface area contributed by atoms with Gasteiger partial charge in [-0.1, -0.05) is 23.2 Å². The first-order chi connectivity index (χ1) is 8.11. The lowest BCUT2D eigenvalue weighted by molar-refractivity contribution is 0.930. The van der Waals surface area contributed by atoms with Crippen LogP contribution in [0.1, 0.15) is 5.56 Å². The number of nitrogens with one attached hydrogen (secondary N) is 1. The molecule has 0 spiro atoms. The molecule has 0 aliphatic rings. The summed E-state index contributed by atoms with van der Waals surface area (Å²) >= 11 is 11.9. The van der Waals surface area contributed by atoms with E-state index < -0.39 is 0 Å². The molecule has 1 heterocycles. The highest BCUT2D eigenvalue weighted by atomic mass is 35.5. The lowest BCUT2D eigenvalue weighted by atomic mass is 10.1. The van der Waals surface area contributed by atoms with Gasteiger partial charge in [-0.3, -0.25) is 4.79 Å². The van der Waals surface area contributed by atoms with Crippen LogP contribution in [-0.2, 0) is 6.54 Å². The van der Waals surface area contributed by atoms with Crippen LogP contribution in [0.15, 0.2) is 29.1 Å². The van der Waals surface area contributed by atoms with Crippen LogP contribution >= 0.6 is 23.2 Å². The zero-order chi connectivity index (χ0) is 12.4. The summed E-state index contributed by atoms with van der Waals surface area (Å²) in [6.07, 6.45) is 0. The van der Waals surface area contributed by atoms with Crippen molar-refractivity contribution in [2.45, 2.75) is 6.54 Å². The number of hydrogen-bond donors (Lipinski definition) is 2. The van der Waals surface area contributed by atoms with Gasteiger partial charge in [0.15, 0.2) is 0 Å². The second-order valence-corrected chi connectivity index (χ2v) is 4.28. The quantitative estimate of drug-likeness (QED) is 0.878. The van der Waals surface area contributed by atoms with Crippen molar-refractivity contribution in [2.24, 2.45) is 5.73 Å². The molecule has 4 nitrogen and oxygen atoms in total. The van der Waals surface area contributed by atoms with Crippen molar-refractivity contribution in [1.29, 1.82) is 0 Å². The van der Waals surface area contributed by atoms with Gasteiger partial charge in [-0.15, -0.1) is 0 Å². The van der Waals surface area contributed by atoms with E-state index in [0.717, 1.165) is 0 Å². The predicted octanol–water partition coefficient (Wildman–Crippen LogP) is 2.20. The van der Waals surface area contributed by atoms with Crippen molar-refractivity contribution >= 4 is 23.2 Å². The first kappa shape index (κ1) is 12.1. The summed E-state index contributed by atoms with van der Waals surface area (Å²) in [5.41, 5.74) is 6.88. The molecule has 0 aliphatic carbocycles. The largest absolute Gasteiger partial charge is 0.326 e. The van der Waals surface area contributed by atoms with E-state index in [2.05, 4.69) is 10.2 Å². The summed E-state index contributed by atoms with van der Waals surface area (Å²) in [5, 5.41) is 7.33. The molecule has 0 bridgehead atoms. The molecule has 2 aromatic rings. The maximum absolute atomic E-state index is 11.3. The summed E-state index contributed by atoms with van der Waals surface area (Å²) in [6, 6.07) is 6.69. The molecule has 0 saturated heterocycles. The standard InChI is InChI=1S/C11H9Cl2N3O/c12-7-1-2-8(9(13)4-7)10-3-6(5-14)11(17)16-15-10/h1-4H,5,14H2,(H,16,17). The van der Waals surface area contributed by atoms with Gasteiger partial charge >= 0.3 is 0 Å². The SMILES string of the molecule is NCc1cc(-c2ccc(Cl)cc2Cl)n[nH]c1=O. The van der Waals surface area contributed by atoms with Crippen molar-refractivity contribution in [2.75, 3.05) is 0 Å². The molecular formula is C11H9Cl2N3O. The Balaban J connectivity index is 2.57. The third-order valence-corrected chi connectivity index (χ3v) is 2.86. The Morgan fingerprint density at radius 1 is 1.29 bits per heavy atom. The van der Waals surface area contributed by atoms with Crippen LogP contribution < -0.4 is 11.3 Å². The fourth-order valence-corrected chi connectivity index (χ4v) is 1.94. The first-order valence-corrected chi connectivity index (χ1v) is 5.61. The highest BCUT2D eigenvalue weighted by molar-refractivity contribution is 6.36. The fraction of sp³-hybridized carbons (Fsp3) is 0.0909. The lowest BCUT2D eigenvalue weighted by Gasteiger charge is -2.04. The van der Waals surface area contributed by atoms with E-state index in [1.807, 2.05) is 0 Å². The Kier molecular flexibility index (Phi) is 3.47. The topological polar surface area (TPSA) is 71.8 Å². The van der Waals surface area contributed by atoms with Crippen LogP contribution in [0.2, 0.25) is 10.0 Å². The maximum Gasteiger partial charge on any atom is 0.268 e. The number of hydrogen-bond acceptors (Lipinski definition) is 3. The summed E-state index contributed by atoms with van der Waals surface area (Å²) in [6.45, 7) is 0.149. The van der Waals surface area contributed by atoms with Crippen molar-refractivity contribution in [1.82, 2.24) is 10.2 Å². The molecule has 0 amide bonds. The molecule has 6 heteroatoms. The molecule has 88 valence electrons. The van der Waals surface area contributed by atoms with Crippen molar-refractivity contribution in [3.05, 3.63) is 50.2 Å². The smallest absolute Gasteiger partial charge is 0.268 e. The van der Waals surface area contributed by atoms with Gasteiger partial charge in [0.05, 0.1) is 10.7 Å². The average Bonchev–Trinajstić information content (AvgIpc) is 2.30. The Morgan fingerprint density at radius 2 is 2.06 bits per heavy atom. The van der Waals surface area contributed by atoms with Gasteiger partial charge in [-0.05, 0) is 24.3 Å². The normalized spacial score (nSPS) is 10.5. The van der Waals surface area contributed by atoms with Crippen LogP contribution in [0.25, 0.3) is 11.3 Å². The average molecular weight is 270 g/mol. The highest BCUT2D eigenvalue weighted by Gasteiger charge is 2.08. The number of nitrogens with zero attached hydrogens (tertiary/aromatic N) is 1. The highest BCUT2D eigenvalue weighted by Crippen LogP contribution is 2.28. The van der Waals surface area contributed by atoms with Crippen molar-refractivity contribution in [3.63, 3.8) is 0 Å². The van der Waals surface area contributed by atoms with Crippen LogP contribution in [0.3, 0.4) is 0 Å². The summed E-state index contributed by atoms with van der Waals surface area (Å²) < 4.78 is 0. The molecule has 0 fully saturated rings. The summed E-state index contributed by atoms with van der Waals surface area (Å²) in [4.78, 5) is 11.3. The summed E-state index contributed by atoms with van der Waals surface area (Å²) in [5.74, 6) is 0.